The number of nitrogens with zero attached hydrogens (tertiary/aromatic N) is 6. The van der Waals surface area contributed by atoms with E-state index in [1.54, 1.807) is 28.1 Å². The summed E-state index contributed by atoms with van der Waals surface area (Å²) in [6.45, 7) is 2.60. The molecule has 174 valence electrons. The summed E-state index contributed by atoms with van der Waals surface area (Å²) in [4.78, 5) is 27.2. The third kappa shape index (κ3) is 5.14. The van der Waals surface area contributed by atoms with Crippen molar-refractivity contribution >= 4 is 11.7 Å². The van der Waals surface area contributed by atoms with E-state index in [9.17, 15) is 18.0 Å². The summed E-state index contributed by atoms with van der Waals surface area (Å²) in [6.07, 6.45) is -2.79. The number of benzene rings is 1. The Kier molecular flexibility index (Phi) is 6.32. The molecule has 1 fully saturated rings. The number of rotatable bonds is 5. The van der Waals surface area contributed by atoms with Gasteiger partial charge < -0.3 is 14.3 Å². The van der Waals surface area contributed by atoms with Crippen LogP contribution < -0.4 is 4.90 Å². The Morgan fingerprint density at radius 2 is 1.88 bits per heavy atom. The standard InChI is InChI=1S/C22H23F3N6O2/c1-29(2)20-17(7-4-8-26-20)21(32)31-11-9-30(10-12-31)14-18-27-19(28-33-18)15-5-3-6-16(13-15)22(23,24)25/h3-8,13H,9-12,14H2,1-2H3. The van der Waals surface area contributed by atoms with Crippen LogP contribution in [0.5, 0.6) is 0 Å². The molecule has 1 aliphatic rings. The lowest BCUT2D eigenvalue weighted by Crippen LogP contribution is -2.48. The van der Waals surface area contributed by atoms with E-state index < -0.39 is 11.7 Å². The van der Waals surface area contributed by atoms with E-state index >= 15 is 0 Å². The average molecular weight is 460 g/mol. The second-order valence-corrected chi connectivity index (χ2v) is 7.93. The highest BCUT2D eigenvalue weighted by Crippen LogP contribution is 2.31. The molecule has 1 aromatic carbocycles. The summed E-state index contributed by atoms with van der Waals surface area (Å²) in [7, 11) is 3.68. The number of aromatic nitrogens is 3. The maximum absolute atomic E-state index is 13.0. The van der Waals surface area contributed by atoms with Crippen molar-refractivity contribution < 1.29 is 22.5 Å². The van der Waals surface area contributed by atoms with Crippen LogP contribution in [0.2, 0.25) is 0 Å². The van der Waals surface area contributed by atoms with E-state index in [-0.39, 0.29) is 17.3 Å². The van der Waals surface area contributed by atoms with Gasteiger partial charge in [-0.1, -0.05) is 17.3 Å². The van der Waals surface area contributed by atoms with Crippen molar-refractivity contribution in [2.24, 2.45) is 0 Å². The number of carbonyl (C=O) groups is 1. The molecule has 0 radical (unpaired) electrons. The van der Waals surface area contributed by atoms with E-state index in [4.69, 9.17) is 4.52 Å². The van der Waals surface area contributed by atoms with Crippen LogP contribution in [0.1, 0.15) is 21.8 Å². The molecular weight excluding hydrogens is 437 g/mol. The van der Waals surface area contributed by atoms with Gasteiger partial charge in [-0.05, 0) is 24.3 Å². The fourth-order valence-corrected chi connectivity index (χ4v) is 3.66. The number of hydrogen-bond acceptors (Lipinski definition) is 7. The largest absolute Gasteiger partial charge is 0.416 e. The number of alkyl halides is 3. The minimum atomic E-state index is -4.44. The van der Waals surface area contributed by atoms with Crippen LogP contribution in [0.4, 0.5) is 19.0 Å². The van der Waals surface area contributed by atoms with Gasteiger partial charge in [0.2, 0.25) is 11.7 Å². The second-order valence-electron chi connectivity index (χ2n) is 7.93. The molecule has 0 saturated carbocycles. The van der Waals surface area contributed by atoms with Crippen molar-refractivity contribution in [3.8, 4) is 11.4 Å². The third-order valence-electron chi connectivity index (χ3n) is 5.38. The molecule has 1 saturated heterocycles. The normalized spacial score (nSPS) is 15.0. The fourth-order valence-electron chi connectivity index (χ4n) is 3.66. The van der Waals surface area contributed by atoms with Crippen molar-refractivity contribution in [2.75, 3.05) is 45.2 Å². The number of hydrogen-bond donors (Lipinski definition) is 0. The maximum atomic E-state index is 13.0. The third-order valence-corrected chi connectivity index (χ3v) is 5.38. The summed E-state index contributed by atoms with van der Waals surface area (Å²) in [5, 5.41) is 3.83. The Labute approximate surface area is 188 Å². The predicted octanol–water partition coefficient (Wildman–Crippen LogP) is 3.17. The van der Waals surface area contributed by atoms with E-state index in [2.05, 4.69) is 20.0 Å². The fraction of sp³-hybridized carbons (Fsp3) is 0.364. The Hall–Kier alpha value is -3.47. The highest BCUT2D eigenvalue weighted by atomic mass is 19.4. The molecule has 3 aromatic rings. The zero-order valence-corrected chi connectivity index (χ0v) is 18.2. The molecule has 33 heavy (non-hydrogen) atoms. The highest BCUT2D eigenvalue weighted by molar-refractivity contribution is 5.98. The van der Waals surface area contributed by atoms with Crippen molar-refractivity contribution in [2.45, 2.75) is 12.7 Å². The summed E-state index contributed by atoms with van der Waals surface area (Å²) in [5.74, 6) is 0.969. The number of piperazine rings is 1. The molecule has 3 heterocycles. The monoisotopic (exact) mass is 460 g/mol. The minimum absolute atomic E-state index is 0.0731. The maximum Gasteiger partial charge on any atom is 0.416 e. The molecule has 0 bridgehead atoms. The second kappa shape index (κ2) is 9.18. The summed E-state index contributed by atoms with van der Waals surface area (Å²) in [5.41, 5.74) is 0.0279. The van der Waals surface area contributed by atoms with E-state index in [0.717, 1.165) is 12.1 Å². The lowest BCUT2D eigenvalue weighted by Gasteiger charge is -2.34. The van der Waals surface area contributed by atoms with Gasteiger partial charge in [-0.15, -0.1) is 0 Å². The molecule has 8 nitrogen and oxygen atoms in total. The molecule has 0 aliphatic carbocycles. The predicted molar refractivity (Wildman–Crippen MR) is 114 cm³/mol. The molecule has 0 unspecified atom stereocenters. The Morgan fingerprint density at radius 1 is 1.12 bits per heavy atom. The average Bonchev–Trinajstić information content (AvgIpc) is 3.27. The van der Waals surface area contributed by atoms with Gasteiger partial charge in [0, 0.05) is 52.0 Å². The minimum Gasteiger partial charge on any atom is -0.362 e. The van der Waals surface area contributed by atoms with Gasteiger partial charge in [-0.2, -0.15) is 18.2 Å². The number of halogens is 3. The Morgan fingerprint density at radius 3 is 2.58 bits per heavy atom. The first-order valence-electron chi connectivity index (χ1n) is 10.4. The molecule has 11 heteroatoms. The quantitative estimate of drug-likeness (QED) is 0.579. The molecule has 0 N–H and O–H groups in total. The lowest BCUT2D eigenvalue weighted by molar-refractivity contribution is -0.137. The van der Waals surface area contributed by atoms with Crippen molar-refractivity contribution in [1.82, 2.24) is 24.9 Å². The van der Waals surface area contributed by atoms with Crippen LogP contribution in [0.15, 0.2) is 47.1 Å². The number of pyridine rings is 1. The van der Waals surface area contributed by atoms with Crippen LogP contribution in [0.25, 0.3) is 11.4 Å². The smallest absolute Gasteiger partial charge is 0.362 e. The van der Waals surface area contributed by atoms with Crippen LogP contribution >= 0.6 is 0 Å². The van der Waals surface area contributed by atoms with E-state index in [1.807, 2.05) is 14.1 Å². The number of anilines is 1. The summed E-state index contributed by atoms with van der Waals surface area (Å²) >= 11 is 0. The van der Waals surface area contributed by atoms with Gasteiger partial charge in [-0.25, -0.2) is 4.98 Å². The van der Waals surface area contributed by atoms with Gasteiger partial charge in [0.25, 0.3) is 5.91 Å². The molecule has 0 spiro atoms. The first-order chi connectivity index (χ1) is 15.7. The number of amides is 1. The first kappa shape index (κ1) is 22.7. The van der Waals surface area contributed by atoms with E-state index in [1.165, 1.54) is 12.1 Å². The van der Waals surface area contributed by atoms with Crippen LogP contribution in [-0.4, -0.2) is 71.1 Å². The van der Waals surface area contributed by atoms with Gasteiger partial charge in [0.15, 0.2) is 0 Å². The molecule has 1 amide bonds. The summed E-state index contributed by atoms with van der Waals surface area (Å²) in [6, 6.07) is 8.33. The van der Waals surface area contributed by atoms with Crippen molar-refractivity contribution in [1.29, 1.82) is 0 Å². The molecular formula is C22H23F3N6O2. The zero-order valence-electron chi connectivity index (χ0n) is 18.2. The van der Waals surface area contributed by atoms with Crippen molar-refractivity contribution in [3.05, 3.63) is 59.6 Å². The zero-order chi connectivity index (χ0) is 23.6. The lowest BCUT2D eigenvalue weighted by atomic mass is 10.1. The van der Waals surface area contributed by atoms with Crippen LogP contribution in [0, 0.1) is 0 Å². The first-order valence-corrected chi connectivity index (χ1v) is 10.4. The van der Waals surface area contributed by atoms with Gasteiger partial charge in [-0.3, -0.25) is 9.69 Å². The summed E-state index contributed by atoms with van der Waals surface area (Å²) < 4.78 is 44.1. The molecule has 4 rings (SSSR count). The van der Waals surface area contributed by atoms with Gasteiger partial charge in [0.05, 0.1) is 17.7 Å². The molecule has 2 aromatic heterocycles. The van der Waals surface area contributed by atoms with Crippen molar-refractivity contribution in [3.63, 3.8) is 0 Å². The highest BCUT2D eigenvalue weighted by Gasteiger charge is 2.31. The molecule has 1 aliphatic heterocycles. The van der Waals surface area contributed by atoms with Crippen LogP contribution in [0.3, 0.4) is 0 Å². The Bertz CT molecular complexity index is 1120. The van der Waals surface area contributed by atoms with Gasteiger partial charge in [0.1, 0.15) is 5.82 Å². The van der Waals surface area contributed by atoms with E-state index in [0.29, 0.717) is 50.0 Å². The van der Waals surface area contributed by atoms with Gasteiger partial charge >= 0.3 is 6.18 Å². The molecule has 0 atom stereocenters. The number of carbonyl (C=O) groups excluding carboxylic acids is 1. The SMILES string of the molecule is CN(C)c1ncccc1C(=O)N1CCN(Cc2nc(-c3cccc(C(F)(F)F)c3)no2)CC1. The Balaban J connectivity index is 1.37. The van der Waals surface area contributed by atoms with Crippen LogP contribution in [-0.2, 0) is 12.7 Å². The topological polar surface area (TPSA) is 78.6 Å².